The summed E-state index contributed by atoms with van der Waals surface area (Å²) >= 11 is 1.39. The predicted octanol–water partition coefficient (Wildman–Crippen LogP) is 4.55. The number of nitrogens with one attached hydrogen (secondary N) is 1. The lowest BCUT2D eigenvalue weighted by Gasteiger charge is -2.20. The van der Waals surface area contributed by atoms with Crippen LogP contribution in [0.25, 0.3) is 0 Å². The molecule has 0 aliphatic heterocycles. The van der Waals surface area contributed by atoms with E-state index in [-0.39, 0.29) is 18.3 Å². The van der Waals surface area contributed by atoms with Crippen molar-refractivity contribution in [3.05, 3.63) is 89.5 Å². The second kappa shape index (κ2) is 12.0. The zero-order chi connectivity index (χ0) is 23.6. The number of benzene rings is 3. The molecule has 1 N–H and O–H groups in total. The van der Waals surface area contributed by atoms with E-state index in [1.807, 2.05) is 79.7 Å². The minimum absolute atomic E-state index is 0.137. The number of esters is 1. The zero-order valence-corrected chi connectivity index (χ0v) is 19.7. The van der Waals surface area contributed by atoms with Crippen LogP contribution in [-0.4, -0.2) is 38.5 Å². The number of amides is 1. The van der Waals surface area contributed by atoms with Crippen LogP contribution in [0.15, 0.2) is 77.7 Å². The van der Waals surface area contributed by atoms with Gasteiger partial charge in [-0.2, -0.15) is 0 Å². The van der Waals surface area contributed by atoms with Crippen LogP contribution < -0.4 is 14.8 Å². The van der Waals surface area contributed by atoms with Crippen molar-refractivity contribution < 1.29 is 23.8 Å². The Bertz CT molecular complexity index is 1020. The maximum absolute atomic E-state index is 12.6. The van der Waals surface area contributed by atoms with E-state index < -0.39 is 12.0 Å². The second-order valence-corrected chi connectivity index (χ2v) is 8.28. The van der Waals surface area contributed by atoms with Crippen molar-refractivity contribution >= 4 is 23.6 Å². The molecule has 0 aromatic heterocycles. The van der Waals surface area contributed by atoms with Crippen molar-refractivity contribution in [2.45, 2.75) is 17.9 Å². The molecule has 0 spiro atoms. The SMILES string of the molecule is COc1ccc(C(NC(=O)COC(=O)CSc2ccccc2C)c2ccc(OC)cc2)cc1. The van der Waals surface area contributed by atoms with E-state index in [2.05, 4.69) is 5.32 Å². The minimum atomic E-state index is -0.441. The second-order valence-electron chi connectivity index (χ2n) is 7.26. The van der Waals surface area contributed by atoms with Crippen molar-refractivity contribution in [1.29, 1.82) is 0 Å². The molecule has 6 nitrogen and oxygen atoms in total. The van der Waals surface area contributed by atoms with Crippen LogP contribution in [0, 0.1) is 6.92 Å². The number of ether oxygens (including phenoxy) is 3. The standard InChI is InChI=1S/C26H27NO5S/c1-18-6-4-5-7-23(18)33-17-25(29)32-16-24(28)27-26(19-8-12-21(30-2)13-9-19)20-10-14-22(31-3)15-11-20/h4-15,26H,16-17H2,1-3H3,(H,27,28). The molecule has 3 rings (SSSR count). The molecule has 33 heavy (non-hydrogen) atoms. The first-order valence-electron chi connectivity index (χ1n) is 10.4. The molecule has 0 aliphatic rings. The van der Waals surface area contributed by atoms with E-state index >= 15 is 0 Å². The Morgan fingerprint density at radius 2 is 1.39 bits per heavy atom. The highest BCUT2D eigenvalue weighted by Gasteiger charge is 2.18. The summed E-state index contributed by atoms with van der Waals surface area (Å²) in [6.07, 6.45) is 0. The maximum atomic E-state index is 12.6. The maximum Gasteiger partial charge on any atom is 0.316 e. The molecule has 0 bridgehead atoms. The summed E-state index contributed by atoms with van der Waals surface area (Å²) in [5, 5.41) is 2.96. The van der Waals surface area contributed by atoms with Crippen LogP contribution in [0.1, 0.15) is 22.7 Å². The number of thioether (sulfide) groups is 1. The molecule has 1 amide bonds. The third kappa shape index (κ3) is 7.02. The predicted molar refractivity (Wildman–Crippen MR) is 129 cm³/mol. The summed E-state index contributed by atoms with van der Waals surface area (Å²) in [7, 11) is 3.20. The molecular formula is C26H27NO5S. The molecule has 0 saturated heterocycles. The summed E-state index contributed by atoms with van der Waals surface area (Å²) < 4.78 is 15.7. The molecule has 0 atom stereocenters. The molecule has 0 fully saturated rings. The van der Waals surface area contributed by atoms with Gasteiger partial charge in [-0.3, -0.25) is 9.59 Å². The molecule has 0 saturated carbocycles. The topological polar surface area (TPSA) is 73.9 Å². The lowest BCUT2D eigenvalue weighted by atomic mass is 9.98. The summed E-state index contributed by atoms with van der Waals surface area (Å²) in [4.78, 5) is 25.8. The number of methoxy groups -OCH3 is 2. The average Bonchev–Trinajstić information content (AvgIpc) is 2.85. The van der Waals surface area contributed by atoms with Gasteiger partial charge in [-0.25, -0.2) is 0 Å². The van der Waals surface area contributed by atoms with Gasteiger partial charge in [-0.05, 0) is 53.9 Å². The Morgan fingerprint density at radius 3 is 1.91 bits per heavy atom. The Kier molecular flexibility index (Phi) is 8.78. The van der Waals surface area contributed by atoms with Crippen LogP contribution in [-0.2, 0) is 14.3 Å². The number of hydrogen-bond acceptors (Lipinski definition) is 6. The summed E-state index contributed by atoms with van der Waals surface area (Å²) in [5.41, 5.74) is 2.83. The molecule has 0 aliphatic carbocycles. The highest BCUT2D eigenvalue weighted by Crippen LogP contribution is 2.26. The van der Waals surface area contributed by atoms with E-state index in [9.17, 15) is 9.59 Å². The highest BCUT2D eigenvalue weighted by molar-refractivity contribution is 8.00. The summed E-state index contributed by atoms with van der Waals surface area (Å²) in [6.45, 7) is 1.63. The molecule has 0 heterocycles. The quantitative estimate of drug-likeness (QED) is 0.350. The van der Waals surface area contributed by atoms with Gasteiger partial charge in [0.2, 0.25) is 0 Å². The lowest BCUT2D eigenvalue weighted by molar-refractivity contribution is -0.146. The highest BCUT2D eigenvalue weighted by atomic mass is 32.2. The molecule has 0 unspecified atom stereocenters. The minimum Gasteiger partial charge on any atom is -0.497 e. The van der Waals surface area contributed by atoms with Crippen molar-refractivity contribution in [2.24, 2.45) is 0 Å². The fourth-order valence-electron chi connectivity index (χ4n) is 3.20. The van der Waals surface area contributed by atoms with Gasteiger partial charge in [0.15, 0.2) is 6.61 Å². The van der Waals surface area contributed by atoms with Gasteiger partial charge in [0.25, 0.3) is 5.91 Å². The van der Waals surface area contributed by atoms with Crippen LogP contribution >= 0.6 is 11.8 Å². The van der Waals surface area contributed by atoms with Crippen LogP contribution in [0.4, 0.5) is 0 Å². The lowest BCUT2D eigenvalue weighted by Crippen LogP contribution is -2.33. The third-order valence-corrected chi connectivity index (χ3v) is 6.16. The van der Waals surface area contributed by atoms with Crippen molar-refractivity contribution in [1.82, 2.24) is 5.32 Å². The molecule has 172 valence electrons. The van der Waals surface area contributed by atoms with Gasteiger partial charge in [-0.15, -0.1) is 11.8 Å². The van der Waals surface area contributed by atoms with E-state index in [0.717, 1.165) is 33.1 Å². The van der Waals surface area contributed by atoms with Crippen molar-refractivity contribution in [2.75, 3.05) is 26.6 Å². The van der Waals surface area contributed by atoms with E-state index in [4.69, 9.17) is 14.2 Å². The Morgan fingerprint density at radius 1 is 0.848 bits per heavy atom. The first-order chi connectivity index (χ1) is 16.0. The van der Waals surface area contributed by atoms with Gasteiger partial charge in [-0.1, -0.05) is 42.5 Å². The molecule has 7 heteroatoms. The van der Waals surface area contributed by atoms with Crippen molar-refractivity contribution in [3.63, 3.8) is 0 Å². The number of carbonyl (C=O) groups is 2. The summed E-state index contributed by atoms with van der Waals surface area (Å²) in [5.74, 6) is 0.750. The van der Waals surface area contributed by atoms with Crippen LogP contribution in [0.3, 0.4) is 0 Å². The van der Waals surface area contributed by atoms with Gasteiger partial charge in [0.1, 0.15) is 11.5 Å². The fraction of sp³-hybridized carbons (Fsp3) is 0.231. The Balaban J connectivity index is 1.62. The van der Waals surface area contributed by atoms with Crippen LogP contribution in [0.2, 0.25) is 0 Å². The van der Waals surface area contributed by atoms with Gasteiger partial charge >= 0.3 is 5.97 Å². The third-order valence-electron chi connectivity index (χ3n) is 5.01. The van der Waals surface area contributed by atoms with Crippen LogP contribution in [0.5, 0.6) is 11.5 Å². The molecule has 3 aromatic carbocycles. The number of carbonyl (C=O) groups excluding carboxylic acids is 2. The monoisotopic (exact) mass is 465 g/mol. The number of aryl methyl sites for hydroxylation is 1. The van der Waals surface area contributed by atoms with E-state index in [0.29, 0.717) is 0 Å². The van der Waals surface area contributed by atoms with E-state index in [1.54, 1.807) is 14.2 Å². The van der Waals surface area contributed by atoms with E-state index in [1.165, 1.54) is 11.8 Å². The number of rotatable bonds is 10. The largest absolute Gasteiger partial charge is 0.497 e. The van der Waals surface area contributed by atoms with Gasteiger partial charge in [0.05, 0.1) is 26.0 Å². The molecular weight excluding hydrogens is 438 g/mol. The van der Waals surface area contributed by atoms with Gasteiger partial charge in [0, 0.05) is 4.90 Å². The Labute approximate surface area is 198 Å². The first kappa shape index (κ1) is 24.2. The van der Waals surface area contributed by atoms with Gasteiger partial charge < -0.3 is 19.5 Å². The number of hydrogen-bond donors (Lipinski definition) is 1. The summed E-state index contributed by atoms with van der Waals surface area (Å²) in [6, 6.07) is 22.3. The first-order valence-corrected chi connectivity index (χ1v) is 11.4. The van der Waals surface area contributed by atoms with Crippen molar-refractivity contribution in [3.8, 4) is 11.5 Å². The molecule has 0 radical (unpaired) electrons. The average molecular weight is 466 g/mol. The zero-order valence-electron chi connectivity index (χ0n) is 18.9. The fourth-order valence-corrected chi connectivity index (χ4v) is 4.02. The Hall–Kier alpha value is -3.45. The smallest absolute Gasteiger partial charge is 0.316 e. The normalized spacial score (nSPS) is 10.5. The molecule has 3 aromatic rings.